The maximum atomic E-state index is 11.2. The van der Waals surface area contributed by atoms with Gasteiger partial charge in [0.05, 0.1) is 11.8 Å². The Hall–Kier alpha value is -1.51. The molecule has 1 aromatic rings. The Bertz CT molecular complexity index is 345. The summed E-state index contributed by atoms with van der Waals surface area (Å²) in [7, 11) is 0. The third-order valence-corrected chi connectivity index (χ3v) is 1.81. The van der Waals surface area contributed by atoms with Crippen LogP contribution in [-0.4, -0.2) is 11.9 Å². The molecular weight excluding hydrogens is 178 g/mol. The van der Waals surface area contributed by atoms with Crippen LogP contribution in [0.3, 0.4) is 0 Å². The molecule has 0 amide bonds. The molecule has 0 spiro atoms. The van der Waals surface area contributed by atoms with E-state index >= 15 is 0 Å². The second-order valence-corrected chi connectivity index (χ2v) is 3.44. The first kappa shape index (κ1) is 10.6. The molecule has 14 heavy (non-hydrogen) atoms. The van der Waals surface area contributed by atoms with Crippen LogP contribution in [0.1, 0.15) is 31.1 Å². The Morgan fingerprint density at radius 1 is 1.43 bits per heavy atom. The van der Waals surface area contributed by atoms with E-state index in [4.69, 9.17) is 10.5 Å². The summed E-state index contributed by atoms with van der Waals surface area (Å²) < 4.78 is 5.46. The maximum Gasteiger partial charge on any atom is 0.162 e. The van der Waals surface area contributed by atoms with Crippen LogP contribution < -0.4 is 10.5 Å². The molecule has 0 heterocycles. The van der Waals surface area contributed by atoms with Gasteiger partial charge in [-0.25, -0.2) is 0 Å². The van der Waals surface area contributed by atoms with E-state index in [0.717, 1.165) is 0 Å². The van der Waals surface area contributed by atoms with Crippen molar-refractivity contribution in [2.24, 2.45) is 0 Å². The molecule has 76 valence electrons. The maximum absolute atomic E-state index is 11.2. The molecule has 0 unspecified atom stereocenters. The number of Topliss-reactive ketones (excluding diaryl/α,β-unsaturated/α-hetero) is 1. The van der Waals surface area contributed by atoms with Crippen LogP contribution in [0.4, 0.5) is 5.69 Å². The number of benzene rings is 1. The normalized spacial score (nSPS) is 10.3. The molecule has 0 saturated heterocycles. The summed E-state index contributed by atoms with van der Waals surface area (Å²) >= 11 is 0. The summed E-state index contributed by atoms with van der Waals surface area (Å²) in [6.45, 7) is 5.32. The largest absolute Gasteiger partial charge is 0.489 e. The lowest BCUT2D eigenvalue weighted by atomic mass is 10.1. The second kappa shape index (κ2) is 4.13. The van der Waals surface area contributed by atoms with Crippen molar-refractivity contribution < 1.29 is 9.53 Å². The van der Waals surface area contributed by atoms with Crippen LogP contribution in [0.15, 0.2) is 18.2 Å². The standard InChI is InChI=1S/C11H15NO2/c1-7(2)14-10-6-4-5-9(8(3)13)11(10)12/h4-7H,12H2,1-3H3. The predicted octanol–water partition coefficient (Wildman–Crippen LogP) is 2.26. The summed E-state index contributed by atoms with van der Waals surface area (Å²) in [4.78, 5) is 11.2. The van der Waals surface area contributed by atoms with E-state index in [1.54, 1.807) is 18.2 Å². The Morgan fingerprint density at radius 3 is 2.57 bits per heavy atom. The van der Waals surface area contributed by atoms with Gasteiger partial charge < -0.3 is 10.5 Å². The van der Waals surface area contributed by atoms with Crippen molar-refractivity contribution in [3.8, 4) is 5.75 Å². The second-order valence-electron chi connectivity index (χ2n) is 3.44. The average molecular weight is 193 g/mol. The molecule has 0 fully saturated rings. The van der Waals surface area contributed by atoms with E-state index in [1.807, 2.05) is 13.8 Å². The fraction of sp³-hybridized carbons (Fsp3) is 0.364. The third-order valence-electron chi connectivity index (χ3n) is 1.81. The molecule has 0 bridgehead atoms. The molecule has 0 atom stereocenters. The first-order chi connectivity index (χ1) is 6.52. The van der Waals surface area contributed by atoms with Gasteiger partial charge in [0.25, 0.3) is 0 Å². The number of hydrogen-bond acceptors (Lipinski definition) is 3. The summed E-state index contributed by atoms with van der Waals surface area (Å²) in [6, 6.07) is 5.23. The lowest BCUT2D eigenvalue weighted by Crippen LogP contribution is -2.09. The lowest BCUT2D eigenvalue weighted by Gasteiger charge is -2.13. The molecular formula is C11H15NO2. The van der Waals surface area contributed by atoms with Crippen molar-refractivity contribution in [1.82, 2.24) is 0 Å². The van der Waals surface area contributed by atoms with Crippen LogP contribution >= 0.6 is 0 Å². The monoisotopic (exact) mass is 193 g/mol. The number of rotatable bonds is 3. The van der Waals surface area contributed by atoms with E-state index in [9.17, 15) is 4.79 Å². The molecule has 1 aromatic carbocycles. The predicted molar refractivity (Wildman–Crippen MR) is 56.6 cm³/mol. The molecule has 0 radical (unpaired) electrons. The smallest absolute Gasteiger partial charge is 0.162 e. The number of nitrogens with two attached hydrogens (primary N) is 1. The highest BCUT2D eigenvalue weighted by atomic mass is 16.5. The quantitative estimate of drug-likeness (QED) is 0.591. The summed E-state index contributed by atoms with van der Waals surface area (Å²) in [5.74, 6) is 0.532. The highest BCUT2D eigenvalue weighted by molar-refractivity contribution is 6.00. The topological polar surface area (TPSA) is 52.3 Å². The van der Waals surface area contributed by atoms with Gasteiger partial charge in [0.15, 0.2) is 5.78 Å². The molecule has 2 N–H and O–H groups in total. The van der Waals surface area contributed by atoms with Gasteiger partial charge in [-0.3, -0.25) is 4.79 Å². The Balaban J connectivity index is 3.07. The van der Waals surface area contributed by atoms with Crippen LogP contribution in [0.25, 0.3) is 0 Å². The first-order valence-electron chi connectivity index (χ1n) is 4.58. The minimum Gasteiger partial charge on any atom is -0.489 e. The van der Waals surface area contributed by atoms with Crippen LogP contribution in [-0.2, 0) is 0 Å². The zero-order chi connectivity index (χ0) is 10.7. The average Bonchev–Trinajstić information content (AvgIpc) is 2.07. The Kier molecular flexibility index (Phi) is 3.12. The minimum atomic E-state index is -0.0447. The molecule has 1 rings (SSSR count). The van der Waals surface area contributed by atoms with E-state index in [1.165, 1.54) is 6.92 Å². The molecule has 3 heteroatoms. The van der Waals surface area contributed by atoms with Crippen LogP contribution in [0, 0.1) is 0 Å². The van der Waals surface area contributed by atoms with Crippen LogP contribution in [0.2, 0.25) is 0 Å². The number of hydrogen-bond donors (Lipinski definition) is 1. The number of ketones is 1. The number of anilines is 1. The van der Waals surface area contributed by atoms with Gasteiger partial charge in [-0.05, 0) is 32.9 Å². The Morgan fingerprint density at radius 2 is 2.07 bits per heavy atom. The van der Waals surface area contributed by atoms with Gasteiger partial charge in [0.2, 0.25) is 0 Å². The van der Waals surface area contributed by atoms with E-state index in [2.05, 4.69) is 0 Å². The third kappa shape index (κ3) is 2.25. The molecule has 0 aliphatic heterocycles. The van der Waals surface area contributed by atoms with Gasteiger partial charge in [-0.2, -0.15) is 0 Å². The van der Waals surface area contributed by atoms with Gasteiger partial charge in [0.1, 0.15) is 5.75 Å². The molecule has 3 nitrogen and oxygen atoms in total. The fourth-order valence-electron chi connectivity index (χ4n) is 1.21. The van der Waals surface area contributed by atoms with Gasteiger partial charge in [-0.15, -0.1) is 0 Å². The summed E-state index contributed by atoms with van der Waals surface area (Å²) in [6.07, 6.45) is 0.0551. The van der Waals surface area contributed by atoms with Crippen molar-refractivity contribution in [3.05, 3.63) is 23.8 Å². The minimum absolute atomic E-state index is 0.0447. The van der Waals surface area contributed by atoms with E-state index in [-0.39, 0.29) is 11.9 Å². The number of carbonyl (C=O) groups is 1. The molecule has 0 aromatic heterocycles. The van der Waals surface area contributed by atoms with Crippen LogP contribution in [0.5, 0.6) is 5.75 Å². The van der Waals surface area contributed by atoms with Crippen molar-refractivity contribution in [3.63, 3.8) is 0 Å². The van der Waals surface area contributed by atoms with Gasteiger partial charge in [0, 0.05) is 5.56 Å². The zero-order valence-corrected chi connectivity index (χ0v) is 8.70. The number of ether oxygens (including phenoxy) is 1. The highest BCUT2D eigenvalue weighted by Gasteiger charge is 2.10. The van der Waals surface area contributed by atoms with Crippen molar-refractivity contribution in [1.29, 1.82) is 0 Å². The van der Waals surface area contributed by atoms with Crippen molar-refractivity contribution >= 4 is 11.5 Å². The molecule has 0 saturated carbocycles. The van der Waals surface area contributed by atoms with Gasteiger partial charge in [-0.1, -0.05) is 6.07 Å². The number of nitrogen functional groups attached to an aromatic ring is 1. The van der Waals surface area contributed by atoms with E-state index < -0.39 is 0 Å². The number of para-hydroxylation sites is 1. The number of carbonyl (C=O) groups excluding carboxylic acids is 1. The zero-order valence-electron chi connectivity index (χ0n) is 8.70. The summed E-state index contributed by atoms with van der Waals surface area (Å²) in [5, 5.41) is 0. The fourth-order valence-corrected chi connectivity index (χ4v) is 1.21. The van der Waals surface area contributed by atoms with Gasteiger partial charge >= 0.3 is 0 Å². The summed E-state index contributed by atoms with van der Waals surface area (Å²) in [5.41, 5.74) is 6.73. The van der Waals surface area contributed by atoms with Crippen molar-refractivity contribution in [2.45, 2.75) is 26.9 Å². The highest BCUT2D eigenvalue weighted by Crippen LogP contribution is 2.26. The first-order valence-corrected chi connectivity index (χ1v) is 4.58. The molecule has 0 aliphatic rings. The van der Waals surface area contributed by atoms with Crippen molar-refractivity contribution in [2.75, 3.05) is 5.73 Å². The molecule has 0 aliphatic carbocycles. The Labute approximate surface area is 83.9 Å². The van der Waals surface area contributed by atoms with E-state index in [0.29, 0.717) is 17.0 Å². The lowest BCUT2D eigenvalue weighted by molar-refractivity contribution is 0.101. The SMILES string of the molecule is CC(=O)c1cccc(OC(C)C)c1N.